The number of halogens is 1. The largest absolute Gasteiger partial charge is 0.496 e. The van der Waals surface area contributed by atoms with E-state index in [0.29, 0.717) is 27.8 Å². The van der Waals surface area contributed by atoms with Gasteiger partial charge in [0.25, 0.3) is 11.8 Å². The van der Waals surface area contributed by atoms with Gasteiger partial charge in [0.05, 0.1) is 24.8 Å². The molecule has 1 aliphatic rings. The monoisotopic (exact) mass is 400 g/mol. The number of methoxy groups -OCH3 is 2. The zero-order valence-electron chi connectivity index (χ0n) is 16.1. The van der Waals surface area contributed by atoms with Crippen LogP contribution in [0.4, 0.5) is 5.69 Å². The second-order valence-corrected chi connectivity index (χ2v) is 6.91. The zero-order chi connectivity index (χ0) is 20.4. The standard InChI is InChI=1S/C21H21ClN2O4/c1-12(2)24-20(25)18(14-7-5-6-8-16(14)27-3)19(21(24)26)23-13-9-10-17(28-4)15(22)11-13/h5-12,23H,1-4H3. The smallest absolute Gasteiger partial charge is 0.278 e. The molecule has 0 fully saturated rings. The van der Waals surface area contributed by atoms with Crippen molar-refractivity contribution in [1.82, 2.24) is 4.90 Å². The lowest BCUT2D eigenvalue weighted by Crippen LogP contribution is -2.38. The van der Waals surface area contributed by atoms with Crippen LogP contribution in [0.5, 0.6) is 11.5 Å². The van der Waals surface area contributed by atoms with Crippen molar-refractivity contribution in [3.05, 3.63) is 58.7 Å². The van der Waals surface area contributed by atoms with Gasteiger partial charge >= 0.3 is 0 Å². The summed E-state index contributed by atoms with van der Waals surface area (Å²) in [5.74, 6) is 0.263. The molecule has 6 nitrogen and oxygen atoms in total. The van der Waals surface area contributed by atoms with Gasteiger partial charge in [0.1, 0.15) is 17.2 Å². The number of nitrogens with zero attached hydrogens (tertiary/aromatic N) is 1. The van der Waals surface area contributed by atoms with Gasteiger partial charge in [-0.15, -0.1) is 0 Å². The highest BCUT2D eigenvalue weighted by molar-refractivity contribution is 6.37. The molecule has 2 amide bonds. The second kappa shape index (κ2) is 7.94. The minimum atomic E-state index is -0.396. The molecule has 0 radical (unpaired) electrons. The summed E-state index contributed by atoms with van der Waals surface area (Å²) in [5.41, 5.74) is 1.57. The van der Waals surface area contributed by atoms with Crippen molar-refractivity contribution in [3.63, 3.8) is 0 Å². The van der Waals surface area contributed by atoms with E-state index in [9.17, 15) is 9.59 Å². The molecule has 0 unspecified atom stereocenters. The molecular weight excluding hydrogens is 380 g/mol. The van der Waals surface area contributed by atoms with Crippen LogP contribution in [-0.2, 0) is 9.59 Å². The first-order valence-electron chi connectivity index (χ1n) is 8.75. The number of carbonyl (C=O) groups excluding carboxylic acids is 2. The van der Waals surface area contributed by atoms with Gasteiger partial charge in [-0.3, -0.25) is 14.5 Å². The lowest BCUT2D eigenvalue weighted by atomic mass is 10.0. The van der Waals surface area contributed by atoms with E-state index in [1.165, 1.54) is 19.1 Å². The lowest BCUT2D eigenvalue weighted by Gasteiger charge is -2.19. The van der Waals surface area contributed by atoms with E-state index in [2.05, 4.69) is 5.32 Å². The summed E-state index contributed by atoms with van der Waals surface area (Å²) in [5, 5.41) is 3.46. The lowest BCUT2D eigenvalue weighted by molar-refractivity contribution is -0.138. The summed E-state index contributed by atoms with van der Waals surface area (Å²) in [6, 6.07) is 11.9. The minimum Gasteiger partial charge on any atom is -0.496 e. The average molecular weight is 401 g/mol. The van der Waals surface area contributed by atoms with E-state index >= 15 is 0 Å². The minimum absolute atomic E-state index is 0.185. The van der Waals surface area contributed by atoms with Gasteiger partial charge in [0, 0.05) is 17.3 Å². The molecule has 146 valence electrons. The van der Waals surface area contributed by atoms with Crippen LogP contribution in [-0.4, -0.2) is 37.0 Å². The van der Waals surface area contributed by atoms with Crippen LogP contribution in [0.25, 0.3) is 5.57 Å². The Morgan fingerprint density at radius 2 is 1.64 bits per heavy atom. The van der Waals surface area contributed by atoms with Crippen molar-refractivity contribution in [2.45, 2.75) is 19.9 Å². The van der Waals surface area contributed by atoms with Crippen molar-refractivity contribution in [2.24, 2.45) is 0 Å². The molecule has 2 aromatic rings. The highest BCUT2D eigenvalue weighted by Gasteiger charge is 2.41. The molecule has 7 heteroatoms. The van der Waals surface area contributed by atoms with E-state index in [1.54, 1.807) is 56.3 Å². The molecule has 0 aromatic heterocycles. The number of nitrogens with one attached hydrogen (secondary N) is 1. The normalized spacial score (nSPS) is 14.1. The van der Waals surface area contributed by atoms with Gasteiger partial charge in [0.15, 0.2) is 0 Å². The maximum Gasteiger partial charge on any atom is 0.278 e. The zero-order valence-corrected chi connectivity index (χ0v) is 16.8. The number of hydrogen-bond acceptors (Lipinski definition) is 5. The second-order valence-electron chi connectivity index (χ2n) is 6.50. The fourth-order valence-electron chi connectivity index (χ4n) is 3.12. The Kier molecular flexibility index (Phi) is 5.61. The van der Waals surface area contributed by atoms with Crippen molar-refractivity contribution in [1.29, 1.82) is 0 Å². The Hall–Kier alpha value is -2.99. The summed E-state index contributed by atoms with van der Waals surface area (Å²) in [7, 11) is 3.05. The Morgan fingerprint density at radius 3 is 2.25 bits per heavy atom. The third-order valence-corrected chi connectivity index (χ3v) is 4.72. The molecule has 0 bridgehead atoms. The number of anilines is 1. The summed E-state index contributed by atoms with van der Waals surface area (Å²) >= 11 is 6.20. The van der Waals surface area contributed by atoms with Gasteiger partial charge in [-0.05, 0) is 38.1 Å². The van der Waals surface area contributed by atoms with Crippen LogP contribution in [0.15, 0.2) is 48.2 Å². The Labute approximate surface area is 168 Å². The summed E-state index contributed by atoms with van der Waals surface area (Å²) in [6.07, 6.45) is 0. The fourth-order valence-corrected chi connectivity index (χ4v) is 3.38. The molecule has 0 spiro atoms. The highest BCUT2D eigenvalue weighted by atomic mass is 35.5. The van der Waals surface area contributed by atoms with Crippen LogP contribution in [0.1, 0.15) is 19.4 Å². The summed E-state index contributed by atoms with van der Waals surface area (Å²) in [6.45, 7) is 3.59. The maximum absolute atomic E-state index is 13.1. The number of para-hydroxylation sites is 1. The van der Waals surface area contributed by atoms with Crippen molar-refractivity contribution >= 4 is 34.7 Å². The van der Waals surface area contributed by atoms with Crippen LogP contribution in [0, 0.1) is 0 Å². The summed E-state index contributed by atoms with van der Waals surface area (Å²) < 4.78 is 10.6. The molecule has 28 heavy (non-hydrogen) atoms. The molecule has 0 saturated carbocycles. The maximum atomic E-state index is 13.1. The SMILES string of the molecule is COc1ccc(NC2=C(c3ccccc3OC)C(=O)N(C(C)C)C2=O)cc1Cl. The predicted molar refractivity (Wildman–Crippen MR) is 109 cm³/mol. The van der Waals surface area contributed by atoms with E-state index < -0.39 is 5.91 Å². The number of hydrogen-bond donors (Lipinski definition) is 1. The van der Waals surface area contributed by atoms with E-state index in [0.717, 1.165) is 0 Å². The van der Waals surface area contributed by atoms with Crippen LogP contribution >= 0.6 is 11.6 Å². The van der Waals surface area contributed by atoms with Crippen molar-refractivity contribution in [3.8, 4) is 11.5 Å². The van der Waals surface area contributed by atoms with Crippen molar-refractivity contribution in [2.75, 3.05) is 19.5 Å². The van der Waals surface area contributed by atoms with Crippen LogP contribution in [0.2, 0.25) is 5.02 Å². The molecule has 3 rings (SSSR count). The number of benzene rings is 2. The molecule has 0 aliphatic carbocycles. The molecule has 0 saturated heterocycles. The van der Waals surface area contributed by atoms with Crippen molar-refractivity contribution < 1.29 is 19.1 Å². The first-order chi connectivity index (χ1) is 13.4. The molecular formula is C21H21ClN2O4. The van der Waals surface area contributed by atoms with Gasteiger partial charge < -0.3 is 14.8 Å². The first kappa shape index (κ1) is 19.8. The van der Waals surface area contributed by atoms with Gasteiger partial charge in [0.2, 0.25) is 0 Å². The van der Waals surface area contributed by atoms with Gasteiger partial charge in [-0.25, -0.2) is 0 Å². The van der Waals surface area contributed by atoms with E-state index in [1.807, 2.05) is 0 Å². The Balaban J connectivity index is 2.13. The Bertz CT molecular complexity index is 969. The number of ether oxygens (including phenoxy) is 2. The van der Waals surface area contributed by atoms with Gasteiger partial charge in [-0.1, -0.05) is 29.8 Å². The fraction of sp³-hybridized carbons (Fsp3) is 0.238. The first-order valence-corrected chi connectivity index (χ1v) is 9.13. The number of amides is 2. The molecule has 2 aromatic carbocycles. The van der Waals surface area contributed by atoms with E-state index in [4.69, 9.17) is 21.1 Å². The predicted octanol–water partition coefficient (Wildman–Crippen LogP) is 3.96. The quantitative estimate of drug-likeness (QED) is 0.743. The van der Waals surface area contributed by atoms with Crippen LogP contribution < -0.4 is 14.8 Å². The average Bonchev–Trinajstić information content (AvgIpc) is 2.91. The third kappa shape index (κ3) is 3.43. The number of carbonyl (C=O) groups is 2. The molecule has 1 N–H and O–H groups in total. The summed E-state index contributed by atoms with van der Waals surface area (Å²) in [4.78, 5) is 27.4. The third-order valence-electron chi connectivity index (χ3n) is 4.43. The molecule has 0 atom stereocenters. The van der Waals surface area contributed by atoms with E-state index in [-0.39, 0.29) is 23.2 Å². The molecule has 1 aliphatic heterocycles. The number of rotatable bonds is 6. The highest BCUT2D eigenvalue weighted by Crippen LogP contribution is 2.36. The topological polar surface area (TPSA) is 67.9 Å². The number of imide groups is 1. The van der Waals surface area contributed by atoms with Gasteiger partial charge in [-0.2, -0.15) is 0 Å². The van der Waals surface area contributed by atoms with Crippen LogP contribution in [0.3, 0.4) is 0 Å². The Morgan fingerprint density at radius 1 is 0.964 bits per heavy atom. The molecule has 1 heterocycles.